The van der Waals surface area contributed by atoms with Gasteiger partial charge in [0.1, 0.15) is 0 Å². The highest BCUT2D eigenvalue weighted by Crippen LogP contribution is 2.14. The minimum absolute atomic E-state index is 0.760. The SMILES string of the molecule is CC.Cn1cc2ccc(N)cc2n1. The Hall–Kier alpha value is -1.51. The highest BCUT2D eigenvalue weighted by molar-refractivity contribution is 5.81. The number of nitrogen functional groups attached to an aromatic ring is 1. The van der Waals surface area contributed by atoms with Crippen LogP contribution in [0.1, 0.15) is 13.8 Å². The fourth-order valence-corrected chi connectivity index (χ4v) is 1.16. The van der Waals surface area contributed by atoms with Gasteiger partial charge in [-0.1, -0.05) is 13.8 Å². The van der Waals surface area contributed by atoms with E-state index in [-0.39, 0.29) is 0 Å². The molecule has 1 aromatic heterocycles. The van der Waals surface area contributed by atoms with Crippen LogP contribution in [0, 0.1) is 0 Å². The summed E-state index contributed by atoms with van der Waals surface area (Å²) in [5.41, 5.74) is 7.30. The van der Waals surface area contributed by atoms with Gasteiger partial charge < -0.3 is 5.73 Å². The summed E-state index contributed by atoms with van der Waals surface area (Å²) in [4.78, 5) is 0. The number of hydrogen-bond donors (Lipinski definition) is 1. The van der Waals surface area contributed by atoms with E-state index in [0.29, 0.717) is 0 Å². The highest BCUT2D eigenvalue weighted by Gasteiger charge is 1.96. The molecule has 0 radical (unpaired) electrons. The topological polar surface area (TPSA) is 43.8 Å². The standard InChI is InChI=1S/C8H9N3.C2H6/c1-11-5-6-2-3-7(9)4-8(6)10-11;1-2/h2-5H,9H2,1H3;1-2H3. The van der Waals surface area contributed by atoms with Crippen LogP contribution in [0.15, 0.2) is 24.4 Å². The number of benzene rings is 1. The maximum atomic E-state index is 5.58. The molecule has 2 aromatic rings. The third-order valence-electron chi connectivity index (χ3n) is 1.65. The van der Waals surface area contributed by atoms with Gasteiger partial charge in [-0.2, -0.15) is 5.10 Å². The molecule has 0 saturated heterocycles. The molecule has 1 aromatic carbocycles. The van der Waals surface area contributed by atoms with E-state index in [1.165, 1.54) is 0 Å². The number of nitrogens with two attached hydrogens (primary N) is 1. The summed E-state index contributed by atoms with van der Waals surface area (Å²) in [7, 11) is 1.90. The zero-order valence-electron chi connectivity index (χ0n) is 8.28. The van der Waals surface area contributed by atoms with Gasteiger partial charge in [0.05, 0.1) is 5.52 Å². The maximum Gasteiger partial charge on any atom is 0.0943 e. The van der Waals surface area contributed by atoms with Crippen molar-refractivity contribution in [3.05, 3.63) is 24.4 Å². The van der Waals surface area contributed by atoms with E-state index in [2.05, 4.69) is 5.10 Å². The van der Waals surface area contributed by atoms with Crippen molar-refractivity contribution >= 4 is 16.6 Å². The lowest BCUT2D eigenvalue weighted by atomic mass is 10.2. The smallest absolute Gasteiger partial charge is 0.0943 e. The van der Waals surface area contributed by atoms with Crippen LogP contribution in [0.3, 0.4) is 0 Å². The number of hydrogen-bond acceptors (Lipinski definition) is 2. The summed E-state index contributed by atoms with van der Waals surface area (Å²) in [5.74, 6) is 0. The van der Waals surface area contributed by atoms with E-state index in [9.17, 15) is 0 Å². The minimum Gasteiger partial charge on any atom is -0.399 e. The van der Waals surface area contributed by atoms with Gasteiger partial charge >= 0.3 is 0 Å². The molecular formula is C10H15N3. The van der Waals surface area contributed by atoms with Gasteiger partial charge in [-0.05, 0) is 18.2 Å². The molecule has 0 aliphatic heterocycles. The Bertz CT molecular complexity index is 390. The Kier molecular flexibility index (Phi) is 2.90. The van der Waals surface area contributed by atoms with E-state index < -0.39 is 0 Å². The predicted octanol–water partition coefficient (Wildman–Crippen LogP) is 2.18. The van der Waals surface area contributed by atoms with Crippen LogP contribution in [0.4, 0.5) is 5.69 Å². The molecular weight excluding hydrogens is 162 g/mol. The zero-order chi connectivity index (χ0) is 9.84. The van der Waals surface area contributed by atoms with Crippen molar-refractivity contribution in [2.45, 2.75) is 13.8 Å². The van der Waals surface area contributed by atoms with Crippen molar-refractivity contribution in [1.29, 1.82) is 0 Å². The van der Waals surface area contributed by atoms with Gasteiger partial charge in [0.2, 0.25) is 0 Å². The van der Waals surface area contributed by atoms with Gasteiger partial charge in [0.15, 0.2) is 0 Å². The van der Waals surface area contributed by atoms with Crippen LogP contribution in [0.25, 0.3) is 10.9 Å². The maximum absolute atomic E-state index is 5.58. The molecule has 0 aliphatic rings. The molecule has 0 atom stereocenters. The molecule has 0 aliphatic carbocycles. The molecule has 70 valence electrons. The molecule has 0 amide bonds. The summed E-state index contributed by atoms with van der Waals surface area (Å²) in [5, 5.41) is 5.34. The van der Waals surface area contributed by atoms with Gasteiger partial charge in [0.25, 0.3) is 0 Å². The summed E-state index contributed by atoms with van der Waals surface area (Å²) < 4.78 is 1.78. The summed E-state index contributed by atoms with van der Waals surface area (Å²) >= 11 is 0. The fraction of sp³-hybridized carbons (Fsp3) is 0.300. The van der Waals surface area contributed by atoms with Gasteiger partial charge in [0, 0.05) is 24.3 Å². The van der Waals surface area contributed by atoms with Crippen molar-refractivity contribution in [2.75, 3.05) is 5.73 Å². The van der Waals surface area contributed by atoms with Crippen LogP contribution in [0.5, 0.6) is 0 Å². The number of anilines is 1. The molecule has 2 rings (SSSR count). The Morgan fingerprint density at radius 2 is 2.00 bits per heavy atom. The van der Waals surface area contributed by atoms with Gasteiger partial charge in [-0.25, -0.2) is 0 Å². The number of aryl methyl sites for hydroxylation is 1. The largest absolute Gasteiger partial charge is 0.399 e. The van der Waals surface area contributed by atoms with Crippen LogP contribution in [-0.4, -0.2) is 9.78 Å². The number of nitrogens with zero attached hydrogens (tertiary/aromatic N) is 2. The molecule has 0 spiro atoms. The third-order valence-corrected chi connectivity index (χ3v) is 1.65. The zero-order valence-corrected chi connectivity index (χ0v) is 8.28. The monoisotopic (exact) mass is 177 g/mol. The number of aromatic nitrogens is 2. The summed E-state index contributed by atoms with van der Waals surface area (Å²) in [6, 6.07) is 5.72. The van der Waals surface area contributed by atoms with Crippen LogP contribution < -0.4 is 5.73 Å². The Morgan fingerprint density at radius 3 is 2.69 bits per heavy atom. The first-order valence-electron chi connectivity index (χ1n) is 4.44. The molecule has 0 unspecified atom stereocenters. The van der Waals surface area contributed by atoms with Gasteiger partial charge in [-0.3, -0.25) is 4.68 Å². The lowest BCUT2D eigenvalue weighted by Crippen LogP contribution is -1.85. The quantitative estimate of drug-likeness (QED) is 0.627. The van der Waals surface area contributed by atoms with Crippen LogP contribution in [-0.2, 0) is 7.05 Å². The van der Waals surface area contributed by atoms with Gasteiger partial charge in [-0.15, -0.1) is 0 Å². The number of rotatable bonds is 0. The first-order valence-corrected chi connectivity index (χ1v) is 4.44. The molecule has 0 bridgehead atoms. The average molecular weight is 177 g/mol. The van der Waals surface area contributed by atoms with E-state index >= 15 is 0 Å². The minimum atomic E-state index is 0.760. The number of fused-ring (bicyclic) bond motifs is 1. The Labute approximate surface area is 78.2 Å². The molecule has 0 fully saturated rings. The second-order valence-electron chi connectivity index (χ2n) is 2.62. The lowest BCUT2D eigenvalue weighted by molar-refractivity contribution is 0.780. The third kappa shape index (κ3) is 1.99. The molecule has 1 heterocycles. The van der Waals surface area contributed by atoms with Crippen LogP contribution in [0.2, 0.25) is 0 Å². The normalized spacial score (nSPS) is 9.46. The molecule has 2 N–H and O–H groups in total. The Morgan fingerprint density at radius 1 is 1.31 bits per heavy atom. The molecule has 0 saturated carbocycles. The molecule has 3 heteroatoms. The van der Waals surface area contributed by atoms with Crippen molar-refractivity contribution < 1.29 is 0 Å². The average Bonchev–Trinajstić information content (AvgIpc) is 2.48. The second kappa shape index (κ2) is 3.94. The lowest BCUT2D eigenvalue weighted by Gasteiger charge is -1.88. The van der Waals surface area contributed by atoms with E-state index in [1.807, 2.05) is 45.3 Å². The first-order chi connectivity index (χ1) is 6.25. The van der Waals surface area contributed by atoms with Crippen LogP contribution >= 0.6 is 0 Å². The molecule has 13 heavy (non-hydrogen) atoms. The fourth-order valence-electron chi connectivity index (χ4n) is 1.16. The predicted molar refractivity (Wildman–Crippen MR) is 56.5 cm³/mol. The summed E-state index contributed by atoms with van der Waals surface area (Å²) in [6.07, 6.45) is 1.97. The van der Waals surface area contributed by atoms with Crippen molar-refractivity contribution in [1.82, 2.24) is 9.78 Å². The van der Waals surface area contributed by atoms with E-state index in [1.54, 1.807) is 4.68 Å². The van der Waals surface area contributed by atoms with Crippen molar-refractivity contribution in [2.24, 2.45) is 7.05 Å². The highest BCUT2D eigenvalue weighted by atomic mass is 15.2. The van der Waals surface area contributed by atoms with E-state index in [4.69, 9.17) is 5.73 Å². The first kappa shape index (κ1) is 9.58. The summed E-state index contributed by atoms with van der Waals surface area (Å²) in [6.45, 7) is 4.00. The second-order valence-corrected chi connectivity index (χ2v) is 2.62. The molecule has 3 nitrogen and oxygen atoms in total. The van der Waals surface area contributed by atoms with Crippen molar-refractivity contribution in [3.63, 3.8) is 0 Å². The van der Waals surface area contributed by atoms with E-state index in [0.717, 1.165) is 16.6 Å². The van der Waals surface area contributed by atoms with Crippen molar-refractivity contribution in [3.8, 4) is 0 Å². The Balaban J connectivity index is 0.000000396.